The van der Waals surface area contributed by atoms with Crippen LogP contribution < -0.4 is 10.6 Å². The van der Waals surface area contributed by atoms with E-state index in [9.17, 15) is 14.4 Å². The first-order valence-electron chi connectivity index (χ1n) is 9.80. The summed E-state index contributed by atoms with van der Waals surface area (Å²) in [6.45, 7) is 6.62. The minimum Gasteiger partial charge on any atom is -0.347 e. The highest BCUT2D eigenvalue weighted by Gasteiger charge is 2.34. The minimum absolute atomic E-state index is 0.0364. The van der Waals surface area contributed by atoms with Crippen molar-refractivity contribution in [1.29, 1.82) is 0 Å². The molecule has 6 nitrogen and oxygen atoms in total. The molecule has 0 unspecified atom stereocenters. The molecule has 0 bridgehead atoms. The van der Waals surface area contributed by atoms with Crippen LogP contribution in [0.15, 0.2) is 42.5 Å². The van der Waals surface area contributed by atoms with Gasteiger partial charge in [0.05, 0.1) is 12.5 Å². The van der Waals surface area contributed by atoms with E-state index in [0.717, 1.165) is 27.9 Å². The Labute approximate surface area is 171 Å². The molecule has 0 radical (unpaired) electrons. The predicted molar refractivity (Wildman–Crippen MR) is 112 cm³/mol. The van der Waals surface area contributed by atoms with E-state index >= 15 is 0 Å². The van der Waals surface area contributed by atoms with Crippen molar-refractivity contribution in [3.63, 3.8) is 0 Å². The van der Waals surface area contributed by atoms with E-state index < -0.39 is 5.92 Å². The fourth-order valence-electron chi connectivity index (χ4n) is 3.52. The van der Waals surface area contributed by atoms with E-state index in [1.54, 1.807) is 4.90 Å². The summed E-state index contributed by atoms with van der Waals surface area (Å²) in [4.78, 5) is 38.7. The normalized spacial score (nSPS) is 16.0. The molecule has 1 saturated heterocycles. The number of likely N-dealkylation sites (tertiary alicyclic amines) is 1. The van der Waals surface area contributed by atoms with Crippen LogP contribution in [-0.4, -0.2) is 35.7 Å². The van der Waals surface area contributed by atoms with Gasteiger partial charge < -0.3 is 15.5 Å². The third kappa shape index (κ3) is 5.22. The zero-order valence-electron chi connectivity index (χ0n) is 17.1. The van der Waals surface area contributed by atoms with Crippen LogP contribution in [0.4, 0.5) is 5.69 Å². The van der Waals surface area contributed by atoms with Crippen molar-refractivity contribution in [2.75, 3.05) is 18.4 Å². The first-order valence-corrected chi connectivity index (χ1v) is 9.80. The molecule has 1 heterocycles. The molecule has 1 atom stereocenters. The second kappa shape index (κ2) is 8.90. The lowest BCUT2D eigenvalue weighted by molar-refractivity contribution is -0.129. The minimum atomic E-state index is -0.430. The van der Waals surface area contributed by atoms with Gasteiger partial charge in [-0.25, -0.2) is 0 Å². The number of anilines is 1. The highest BCUT2D eigenvalue weighted by molar-refractivity contribution is 5.97. The standard InChI is InChI=1S/C23H27N3O3/c1-15-7-9-18(10-8-15)13-26-14-19(11-21(26)28)23(29)24-12-20(27)25-22-16(2)5-4-6-17(22)3/h4-10,19H,11-14H2,1-3H3,(H,24,29)(H,25,27)/t19-/m0/s1. The van der Waals surface area contributed by atoms with Gasteiger partial charge in [0.15, 0.2) is 0 Å². The monoisotopic (exact) mass is 393 g/mol. The van der Waals surface area contributed by atoms with Crippen molar-refractivity contribution in [3.8, 4) is 0 Å². The first-order chi connectivity index (χ1) is 13.8. The Morgan fingerprint density at radius 2 is 1.69 bits per heavy atom. The second-order valence-corrected chi connectivity index (χ2v) is 7.69. The van der Waals surface area contributed by atoms with Gasteiger partial charge in [-0.1, -0.05) is 48.0 Å². The number of nitrogens with zero attached hydrogens (tertiary/aromatic N) is 1. The summed E-state index contributed by atoms with van der Waals surface area (Å²) in [5.41, 5.74) is 4.92. The number of amides is 3. The fourth-order valence-corrected chi connectivity index (χ4v) is 3.52. The average molecular weight is 393 g/mol. The fraction of sp³-hybridized carbons (Fsp3) is 0.348. The van der Waals surface area contributed by atoms with Crippen LogP contribution in [0.25, 0.3) is 0 Å². The number of para-hydroxylation sites is 1. The maximum absolute atomic E-state index is 12.5. The second-order valence-electron chi connectivity index (χ2n) is 7.69. The lowest BCUT2D eigenvalue weighted by Gasteiger charge is -2.17. The van der Waals surface area contributed by atoms with E-state index in [1.165, 1.54) is 0 Å². The zero-order chi connectivity index (χ0) is 21.0. The van der Waals surface area contributed by atoms with Gasteiger partial charge in [0.1, 0.15) is 0 Å². The highest BCUT2D eigenvalue weighted by atomic mass is 16.2. The number of nitrogens with one attached hydrogen (secondary N) is 2. The largest absolute Gasteiger partial charge is 0.347 e. The molecule has 1 fully saturated rings. The summed E-state index contributed by atoms with van der Waals surface area (Å²) >= 11 is 0. The van der Waals surface area contributed by atoms with E-state index in [2.05, 4.69) is 10.6 Å². The molecule has 1 aliphatic heterocycles. The van der Waals surface area contributed by atoms with E-state index in [0.29, 0.717) is 13.1 Å². The molecule has 3 amide bonds. The molecule has 0 saturated carbocycles. The number of carbonyl (C=O) groups is 3. The summed E-state index contributed by atoms with van der Waals surface area (Å²) < 4.78 is 0. The predicted octanol–water partition coefficient (Wildman–Crippen LogP) is 2.72. The third-order valence-electron chi connectivity index (χ3n) is 5.25. The van der Waals surface area contributed by atoms with Crippen LogP contribution >= 0.6 is 0 Å². The highest BCUT2D eigenvalue weighted by Crippen LogP contribution is 2.21. The molecule has 0 aromatic heterocycles. The molecule has 3 rings (SSSR count). The van der Waals surface area contributed by atoms with Gasteiger partial charge in [-0.3, -0.25) is 14.4 Å². The molecule has 6 heteroatoms. The van der Waals surface area contributed by atoms with Gasteiger partial charge in [-0.2, -0.15) is 0 Å². The van der Waals surface area contributed by atoms with Crippen LogP contribution in [0, 0.1) is 26.7 Å². The van der Waals surface area contributed by atoms with Gasteiger partial charge in [-0.05, 0) is 37.5 Å². The van der Waals surface area contributed by atoms with Crippen LogP contribution in [-0.2, 0) is 20.9 Å². The Morgan fingerprint density at radius 1 is 1.03 bits per heavy atom. The summed E-state index contributed by atoms with van der Waals surface area (Å²) in [7, 11) is 0. The Balaban J connectivity index is 1.50. The average Bonchev–Trinajstić information content (AvgIpc) is 3.05. The Kier molecular flexibility index (Phi) is 6.32. The number of benzene rings is 2. The van der Waals surface area contributed by atoms with Crippen molar-refractivity contribution in [2.24, 2.45) is 5.92 Å². The third-order valence-corrected chi connectivity index (χ3v) is 5.25. The van der Waals surface area contributed by atoms with Crippen molar-refractivity contribution in [3.05, 3.63) is 64.7 Å². The topological polar surface area (TPSA) is 78.5 Å². The maximum atomic E-state index is 12.5. The van der Waals surface area contributed by atoms with Gasteiger partial charge in [-0.15, -0.1) is 0 Å². The molecular formula is C23H27N3O3. The Bertz CT molecular complexity index is 901. The number of aryl methyl sites for hydroxylation is 3. The lowest BCUT2D eigenvalue weighted by Crippen LogP contribution is -2.38. The van der Waals surface area contributed by atoms with Gasteiger partial charge in [0, 0.05) is 25.2 Å². The molecule has 2 aromatic rings. The Hall–Kier alpha value is -3.15. The number of hydrogen-bond donors (Lipinski definition) is 2. The number of carbonyl (C=O) groups excluding carboxylic acids is 3. The molecule has 0 spiro atoms. The first kappa shape index (κ1) is 20.6. The van der Waals surface area contributed by atoms with Gasteiger partial charge in [0.2, 0.25) is 17.7 Å². The molecule has 1 aliphatic rings. The molecule has 152 valence electrons. The molecule has 2 N–H and O–H groups in total. The van der Waals surface area contributed by atoms with Gasteiger partial charge >= 0.3 is 0 Å². The van der Waals surface area contributed by atoms with E-state index in [1.807, 2.05) is 63.2 Å². The number of hydrogen-bond acceptors (Lipinski definition) is 3. The Morgan fingerprint density at radius 3 is 2.34 bits per heavy atom. The maximum Gasteiger partial charge on any atom is 0.243 e. The zero-order valence-corrected chi connectivity index (χ0v) is 17.1. The molecule has 2 aromatic carbocycles. The summed E-state index contributed by atoms with van der Waals surface area (Å²) in [5, 5.41) is 5.51. The van der Waals surface area contributed by atoms with Crippen LogP contribution in [0.1, 0.15) is 28.7 Å². The summed E-state index contributed by atoms with van der Waals surface area (Å²) in [5.74, 6) is -1.01. The SMILES string of the molecule is Cc1ccc(CN2C[C@@H](C(=O)NCC(=O)Nc3c(C)cccc3C)CC2=O)cc1. The lowest BCUT2D eigenvalue weighted by atomic mass is 10.1. The van der Waals surface area contributed by atoms with Crippen molar-refractivity contribution in [1.82, 2.24) is 10.2 Å². The van der Waals surface area contributed by atoms with Crippen LogP contribution in [0.5, 0.6) is 0 Å². The quantitative estimate of drug-likeness (QED) is 0.792. The van der Waals surface area contributed by atoms with Crippen molar-refractivity contribution >= 4 is 23.4 Å². The summed E-state index contributed by atoms with van der Waals surface area (Å²) in [6, 6.07) is 13.8. The smallest absolute Gasteiger partial charge is 0.243 e. The van der Waals surface area contributed by atoms with Gasteiger partial charge in [0.25, 0.3) is 0 Å². The molecular weight excluding hydrogens is 366 g/mol. The number of rotatable bonds is 6. The molecule has 0 aliphatic carbocycles. The molecule has 29 heavy (non-hydrogen) atoms. The van der Waals surface area contributed by atoms with Crippen molar-refractivity contribution in [2.45, 2.75) is 33.7 Å². The van der Waals surface area contributed by atoms with E-state index in [4.69, 9.17) is 0 Å². The summed E-state index contributed by atoms with van der Waals surface area (Å²) in [6.07, 6.45) is 0.177. The van der Waals surface area contributed by atoms with Crippen LogP contribution in [0.3, 0.4) is 0 Å². The van der Waals surface area contributed by atoms with E-state index in [-0.39, 0.29) is 30.7 Å². The van der Waals surface area contributed by atoms with Crippen LogP contribution in [0.2, 0.25) is 0 Å². The van der Waals surface area contributed by atoms with Crippen molar-refractivity contribution < 1.29 is 14.4 Å².